The number of amides is 2. The molecule has 1 fully saturated rings. The highest BCUT2D eigenvalue weighted by molar-refractivity contribution is 6.01. The molecule has 1 aromatic heterocycles. The molecule has 0 unspecified atom stereocenters. The van der Waals surface area contributed by atoms with Crippen molar-refractivity contribution in [1.82, 2.24) is 10.3 Å². The Morgan fingerprint density at radius 2 is 2.25 bits per heavy atom. The Morgan fingerprint density at radius 1 is 1.46 bits per heavy atom. The van der Waals surface area contributed by atoms with Gasteiger partial charge in [-0.05, 0) is 23.6 Å². The van der Waals surface area contributed by atoms with Gasteiger partial charge in [-0.25, -0.2) is 9.37 Å². The third-order valence-corrected chi connectivity index (χ3v) is 4.82. The minimum atomic E-state index is -2.16. The number of rotatable bonds is 8. The summed E-state index contributed by atoms with van der Waals surface area (Å²) in [6, 6.07) is 4.48. The molecule has 1 saturated heterocycles. The van der Waals surface area contributed by atoms with Crippen molar-refractivity contribution in [1.29, 1.82) is 0 Å². The SMILES string of the molecule is COc1cc2c(OCC[C@@H]3C[C@@](F)(CCF)C(=O)N3)nccc2cc1C(N)=O. The molecule has 9 heteroatoms. The highest BCUT2D eigenvalue weighted by Crippen LogP contribution is 2.32. The number of benzene rings is 1. The third-order valence-electron chi connectivity index (χ3n) is 4.82. The van der Waals surface area contributed by atoms with Crippen LogP contribution in [0.5, 0.6) is 11.6 Å². The summed E-state index contributed by atoms with van der Waals surface area (Å²) in [6.45, 7) is -0.717. The largest absolute Gasteiger partial charge is 0.496 e. The summed E-state index contributed by atoms with van der Waals surface area (Å²) in [6.07, 6.45) is 1.35. The molecular formula is C19H21F2N3O4. The van der Waals surface area contributed by atoms with Crippen molar-refractivity contribution >= 4 is 22.6 Å². The fourth-order valence-corrected chi connectivity index (χ4v) is 3.34. The van der Waals surface area contributed by atoms with Gasteiger partial charge in [0.25, 0.3) is 11.8 Å². The van der Waals surface area contributed by atoms with Crippen LogP contribution in [0.25, 0.3) is 10.8 Å². The number of carbonyl (C=O) groups is 2. The van der Waals surface area contributed by atoms with E-state index in [2.05, 4.69) is 10.3 Å². The first kappa shape index (κ1) is 19.8. The van der Waals surface area contributed by atoms with Crippen molar-refractivity contribution in [3.05, 3.63) is 30.0 Å². The molecule has 0 spiro atoms. The maximum Gasteiger partial charge on any atom is 0.258 e. The zero-order valence-corrected chi connectivity index (χ0v) is 15.3. The summed E-state index contributed by atoms with van der Waals surface area (Å²) in [7, 11) is 1.42. The molecule has 1 aliphatic heterocycles. The van der Waals surface area contributed by atoms with Crippen molar-refractivity contribution in [2.24, 2.45) is 5.73 Å². The van der Waals surface area contributed by atoms with Gasteiger partial charge in [-0.2, -0.15) is 0 Å². The van der Waals surface area contributed by atoms with Crippen LogP contribution in [0, 0.1) is 0 Å². The summed E-state index contributed by atoms with van der Waals surface area (Å²) in [5.74, 6) is -0.777. The van der Waals surface area contributed by atoms with Crippen LogP contribution in [0.2, 0.25) is 0 Å². The van der Waals surface area contributed by atoms with Crippen LogP contribution in [0.4, 0.5) is 8.78 Å². The van der Waals surface area contributed by atoms with Gasteiger partial charge in [0.05, 0.1) is 26.0 Å². The molecule has 0 saturated carbocycles. The van der Waals surface area contributed by atoms with E-state index in [0.717, 1.165) is 0 Å². The number of hydrogen-bond donors (Lipinski definition) is 2. The summed E-state index contributed by atoms with van der Waals surface area (Å²) in [5, 5.41) is 3.85. The predicted molar refractivity (Wildman–Crippen MR) is 97.9 cm³/mol. The zero-order chi connectivity index (χ0) is 20.3. The van der Waals surface area contributed by atoms with Crippen LogP contribution in [-0.2, 0) is 4.79 Å². The average molecular weight is 393 g/mol. The maximum atomic E-state index is 14.3. The lowest BCUT2D eigenvalue weighted by Crippen LogP contribution is -2.34. The number of nitrogens with two attached hydrogens (primary N) is 1. The van der Waals surface area contributed by atoms with E-state index in [1.807, 2.05) is 0 Å². The van der Waals surface area contributed by atoms with Crippen LogP contribution in [0.1, 0.15) is 29.6 Å². The number of aromatic nitrogens is 1. The summed E-state index contributed by atoms with van der Waals surface area (Å²) in [4.78, 5) is 27.5. The maximum absolute atomic E-state index is 14.3. The number of hydrogen-bond acceptors (Lipinski definition) is 5. The highest BCUT2D eigenvalue weighted by Gasteiger charge is 2.46. The number of fused-ring (bicyclic) bond motifs is 1. The standard InChI is InChI=1S/C19H21F2N3O4/c1-27-15-9-13-11(8-14(15)16(22)25)2-6-23-17(13)28-7-3-12-10-19(21,4-5-20)18(26)24-12/h2,6,8-9,12H,3-5,7,10H2,1H3,(H2,22,25)(H,24,26)/t12-,19+/m1/s1. The Hall–Kier alpha value is -2.97. The number of pyridine rings is 1. The lowest BCUT2D eigenvalue weighted by molar-refractivity contribution is -0.129. The highest BCUT2D eigenvalue weighted by atomic mass is 19.1. The molecule has 0 bridgehead atoms. The van der Waals surface area contributed by atoms with E-state index in [9.17, 15) is 18.4 Å². The van der Waals surface area contributed by atoms with Gasteiger partial charge in [0.1, 0.15) is 5.75 Å². The molecule has 1 aliphatic rings. The second kappa shape index (κ2) is 7.95. The molecular weight excluding hydrogens is 372 g/mol. The van der Waals surface area contributed by atoms with Crippen LogP contribution in [0.3, 0.4) is 0 Å². The topological polar surface area (TPSA) is 104 Å². The molecule has 1 aromatic carbocycles. The van der Waals surface area contributed by atoms with Gasteiger partial charge in [0.15, 0.2) is 5.67 Å². The Bertz CT molecular complexity index is 908. The van der Waals surface area contributed by atoms with Crippen LogP contribution < -0.4 is 20.5 Å². The van der Waals surface area contributed by atoms with Gasteiger partial charge in [0, 0.05) is 36.9 Å². The normalized spacial score (nSPS) is 21.5. The predicted octanol–water partition coefficient (Wildman–Crippen LogP) is 2.07. The van der Waals surface area contributed by atoms with Gasteiger partial charge >= 0.3 is 0 Å². The first-order valence-electron chi connectivity index (χ1n) is 8.83. The van der Waals surface area contributed by atoms with Gasteiger partial charge in [0.2, 0.25) is 5.88 Å². The third kappa shape index (κ3) is 3.83. The second-order valence-corrected chi connectivity index (χ2v) is 6.67. The molecule has 150 valence electrons. The van der Waals surface area contributed by atoms with Crippen molar-refractivity contribution in [3.8, 4) is 11.6 Å². The van der Waals surface area contributed by atoms with Gasteiger partial charge in [-0.3, -0.25) is 14.0 Å². The molecule has 7 nitrogen and oxygen atoms in total. The number of ether oxygens (including phenoxy) is 2. The Morgan fingerprint density at radius 3 is 2.93 bits per heavy atom. The van der Waals surface area contributed by atoms with Gasteiger partial charge in [-0.15, -0.1) is 0 Å². The second-order valence-electron chi connectivity index (χ2n) is 6.67. The number of methoxy groups -OCH3 is 1. The van der Waals surface area contributed by atoms with Gasteiger partial charge < -0.3 is 20.5 Å². The minimum absolute atomic E-state index is 0.0854. The molecule has 2 heterocycles. The molecule has 3 rings (SSSR count). The number of halogens is 2. The van der Waals surface area contributed by atoms with E-state index in [-0.39, 0.29) is 18.6 Å². The molecule has 2 atom stereocenters. The number of alkyl halides is 2. The van der Waals surface area contributed by atoms with E-state index in [4.69, 9.17) is 15.2 Å². The monoisotopic (exact) mass is 393 g/mol. The summed E-state index contributed by atoms with van der Waals surface area (Å²) >= 11 is 0. The number of carbonyl (C=O) groups excluding carboxylic acids is 2. The first-order chi connectivity index (χ1) is 13.4. The Kier molecular flexibility index (Phi) is 5.62. The number of nitrogens with one attached hydrogen (secondary N) is 1. The number of primary amides is 1. The van der Waals surface area contributed by atoms with Crippen molar-refractivity contribution in [3.63, 3.8) is 0 Å². The zero-order valence-electron chi connectivity index (χ0n) is 15.3. The van der Waals surface area contributed by atoms with E-state index >= 15 is 0 Å². The van der Waals surface area contributed by atoms with Crippen molar-refractivity contribution in [2.45, 2.75) is 31.0 Å². The summed E-state index contributed by atoms with van der Waals surface area (Å²) < 4.78 is 37.7. The molecule has 0 radical (unpaired) electrons. The van der Waals surface area contributed by atoms with E-state index in [1.165, 1.54) is 13.3 Å². The van der Waals surface area contributed by atoms with Crippen LogP contribution in [-0.4, -0.2) is 48.9 Å². The fourth-order valence-electron chi connectivity index (χ4n) is 3.34. The van der Waals surface area contributed by atoms with Crippen LogP contribution in [0.15, 0.2) is 24.4 Å². The number of nitrogens with zero attached hydrogens (tertiary/aromatic N) is 1. The smallest absolute Gasteiger partial charge is 0.258 e. The Balaban J connectivity index is 1.71. The molecule has 3 N–H and O–H groups in total. The average Bonchev–Trinajstić information content (AvgIpc) is 2.94. The molecule has 2 amide bonds. The molecule has 28 heavy (non-hydrogen) atoms. The van der Waals surface area contributed by atoms with Gasteiger partial charge in [-0.1, -0.05) is 0 Å². The molecule has 0 aliphatic carbocycles. The lowest BCUT2D eigenvalue weighted by Gasteiger charge is -2.14. The lowest BCUT2D eigenvalue weighted by atomic mass is 9.97. The summed E-state index contributed by atoms with van der Waals surface area (Å²) in [5.41, 5.74) is 3.46. The minimum Gasteiger partial charge on any atom is -0.496 e. The fraction of sp³-hybridized carbons (Fsp3) is 0.421. The van der Waals surface area contributed by atoms with Crippen molar-refractivity contribution < 1.29 is 27.8 Å². The van der Waals surface area contributed by atoms with E-state index in [0.29, 0.717) is 28.8 Å². The Labute approximate surface area is 160 Å². The van der Waals surface area contributed by atoms with E-state index in [1.54, 1.807) is 18.2 Å². The first-order valence-corrected chi connectivity index (χ1v) is 8.83. The van der Waals surface area contributed by atoms with Crippen molar-refractivity contribution in [2.75, 3.05) is 20.4 Å². The molecule has 2 aromatic rings. The quantitative estimate of drug-likeness (QED) is 0.715. The van der Waals surface area contributed by atoms with E-state index < -0.39 is 36.6 Å². The van der Waals surface area contributed by atoms with Crippen LogP contribution >= 0.6 is 0 Å².